The summed E-state index contributed by atoms with van der Waals surface area (Å²) in [7, 11) is 3.24. The number of rotatable bonds is 5. The molecule has 1 aliphatic heterocycles. The van der Waals surface area contributed by atoms with Gasteiger partial charge in [0.25, 0.3) is 5.91 Å². The number of benzene rings is 1. The molecule has 6 nitrogen and oxygen atoms in total. The number of hydrogen-bond donors (Lipinski definition) is 1. The number of nitrogens with one attached hydrogen (secondary N) is 1. The Labute approximate surface area is 141 Å². The smallest absolute Gasteiger partial charge is 0.290 e. The van der Waals surface area contributed by atoms with E-state index in [1.807, 2.05) is 29.2 Å². The van der Waals surface area contributed by atoms with E-state index in [0.717, 1.165) is 17.9 Å². The van der Waals surface area contributed by atoms with E-state index in [4.69, 9.17) is 13.9 Å². The molecule has 2 heterocycles. The molecule has 128 valence electrons. The van der Waals surface area contributed by atoms with Crippen LogP contribution in [0.3, 0.4) is 0 Å². The molecule has 1 atom stereocenters. The summed E-state index contributed by atoms with van der Waals surface area (Å²) in [5, 5.41) is 3.35. The fraction of sp³-hybridized carbons (Fsp3) is 0.389. The normalized spacial score (nSPS) is 17.8. The van der Waals surface area contributed by atoms with Gasteiger partial charge in [0.05, 0.1) is 13.2 Å². The maximum absolute atomic E-state index is 12.9. The molecule has 1 amide bonds. The molecule has 0 bridgehead atoms. The minimum Gasteiger partial charge on any atom is -0.496 e. The lowest BCUT2D eigenvalue weighted by Gasteiger charge is -2.36. The third-order valence-electron chi connectivity index (χ3n) is 4.16. The molecular formula is C18H22N2O4. The lowest BCUT2D eigenvalue weighted by atomic mass is 10.0. The number of piperazine rings is 1. The number of para-hydroxylation sites is 1. The van der Waals surface area contributed by atoms with Crippen LogP contribution in [0.15, 0.2) is 40.8 Å². The summed E-state index contributed by atoms with van der Waals surface area (Å²) >= 11 is 0. The van der Waals surface area contributed by atoms with Gasteiger partial charge in [-0.1, -0.05) is 18.2 Å². The first-order valence-electron chi connectivity index (χ1n) is 7.97. The Kier molecular flexibility index (Phi) is 5.17. The minimum atomic E-state index is -0.116. The van der Waals surface area contributed by atoms with Gasteiger partial charge in [-0.2, -0.15) is 0 Å². The Morgan fingerprint density at radius 2 is 2.12 bits per heavy atom. The molecule has 24 heavy (non-hydrogen) atoms. The standard InChI is InChI=1S/C18H22N2O4/c1-22-12-13-7-8-17(24-13)18(21)20-10-9-19-11-15(20)14-5-3-4-6-16(14)23-2/h3-8,15,19H,9-12H2,1-2H3. The molecular weight excluding hydrogens is 308 g/mol. The zero-order valence-corrected chi connectivity index (χ0v) is 14.0. The van der Waals surface area contributed by atoms with E-state index in [1.165, 1.54) is 0 Å². The van der Waals surface area contributed by atoms with E-state index < -0.39 is 0 Å². The molecule has 1 N–H and O–H groups in total. The van der Waals surface area contributed by atoms with Crippen molar-refractivity contribution in [1.29, 1.82) is 0 Å². The Balaban J connectivity index is 1.87. The predicted molar refractivity (Wildman–Crippen MR) is 89.1 cm³/mol. The lowest BCUT2D eigenvalue weighted by Crippen LogP contribution is -2.48. The first-order chi connectivity index (χ1) is 11.7. The second kappa shape index (κ2) is 7.51. The van der Waals surface area contributed by atoms with Crippen LogP contribution in [-0.4, -0.2) is 44.7 Å². The van der Waals surface area contributed by atoms with E-state index in [1.54, 1.807) is 26.4 Å². The van der Waals surface area contributed by atoms with Gasteiger partial charge in [-0.3, -0.25) is 4.79 Å². The van der Waals surface area contributed by atoms with Gasteiger partial charge in [-0.15, -0.1) is 0 Å². The average Bonchev–Trinajstić information content (AvgIpc) is 3.10. The van der Waals surface area contributed by atoms with E-state index >= 15 is 0 Å². The molecule has 1 aromatic carbocycles. The van der Waals surface area contributed by atoms with Gasteiger partial charge < -0.3 is 24.1 Å². The summed E-state index contributed by atoms with van der Waals surface area (Å²) in [5.41, 5.74) is 0.990. The van der Waals surface area contributed by atoms with Crippen molar-refractivity contribution in [2.45, 2.75) is 12.6 Å². The second-order valence-electron chi connectivity index (χ2n) is 5.66. The fourth-order valence-corrected chi connectivity index (χ4v) is 3.02. The molecule has 1 saturated heterocycles. The highest BCUT2D eigenvalue weighted by molar-refractivity contribution is 5.92. The highest BCUT2D eigenvalue weighted by Crippen LogP contribution is 2.31. The van der Waals surface area contributed by atoms with Crippen LogP contribution in [0.1, 0.15) is 27.9 Å². The van der Waals surface area contributed by atoms with Gasteiger partial charge in [0.15, 0.2) is 5.76 Å². The summed E-state index contributed by atoms with van der Waals surface area (Å²) < 4.78 is 16.1. The number of hydrogen-bond acceptors (Lipinski definition) is 5. The van der Waals surface area contributed by atoms with Gasteiger partial charge in [0.1, 0.15) is 18.1 Å². The van der Waals surface area contributed by atoms with Crippen molar-refractivity contribution in [2.75, 3.05) is 33.9 Å². The van der Waals surface area contributed by atoms with Crippen LogP contribution in [-0.2, 0) is 11.3 Å². The summed E-state index contributed by atoms with van der Waals surface area (Å²) in [6, 6.07) is 11.2. The van der Waals surface area contributed by atoms with Crippen molar-refractivity contribution in [3.05, 3.63) is 53.5 Å². The van der Waals surface area contributed by atoms with Crippen LogP contribution < -0.4 is 10.1 Å². The van der Waals surface area contributed by atoms with Gasteiger partial charge in [0, 0.05) is 32.3 Å². The number of furan rings is 1. The van der Waals surface area contributed by atoms with Gasteiger partial charge >= 0.3 is 0 Å². The second-order valence-corrected chi connectivity index (χ2v) is 5.66. The molecule has 1 unspecified atom stereocenters. The van der Waals surface area contributed by atoms with Gasteiger partial charge in [-0.05, 0) is 18.2 Å². The van der Waals surface area contributed by atoms with E-state index in [-0.39, 0.29) is 11.9 Å². The van der Waals surface area contributed by atoms with Crippen molar-refractivity contribution < 1.29 is 18.7 Å². The number of carbonyl (C=O) groups excluding carboxylic acids is 1. The molecule has 1 aliphatic rings. The van der Waals surface area contributed by atoms with E-state index in [2.05, 4.69) is 5.32 Å². The number of amides is 1. The molecule has 0 radical (unpaired) electrons. The number of methoxy groups -OCH3 is 2. The first kappa shape index (κ1) is 16.5. The number of carbonyl (C=O) groups is 1. The zero-order valence-electron chi connectivity index (χ0n) is 14.0. The maximum atomic E-state index is 12.9. The third-order valence-corrected chi connectivity index (χ3v) is 4.16. The molecule has 0 aliphatic carbocycles. The summed E-state index contributed by atoms with van der Waals surface area (Å²) in [5.74, 6) is 1.65. The predicted octanol–water partition coefficient (Wildman–Crippen LogP) is 2.22. The van der Waals surface area contributed by atoms with Crippen LogP contribution in [0.4, 0.5) is 0 Å². The molecule has 0 saturated carbocycles. The molecule has 1 aromatic heterocycles. The molecule has 1 fully saturated rings. The molecule has 3 rings (SSSR count). The Hall–Kier alpha value is -2.31. The number of ether oxygens (including phenoxy) is 2. The molecule has 2 aromatic rings. The Bertz CT molecular complexity index is 698. The Morgan fingerprint density at radius 3 is 2.92 bits per heavy atom. The van der Waals surface area contributed by atoms with Crippen molar-refractivity contribution in [3.8, 4) is 5.75 Å². The van der Waals surface area contributed by atoms with E-state index in [9.17, 15) is 4.79 Å². The summed E-state index contributed by atoms with van der Waals surface area (Å²) in [4.78, 5) is 14.8. The van der Waals surface area contributed by atoms with Gasteiger partial charge in [0.2, 0.25) is 0 Å². The van der Waals surface area contributed by atoms with Crippen LogP contribution in [0.5, 0.6) is 5.75 Å². The monoisotopic (exact) mass is 330 g/mol. The highest BCUT2D eigenvalue weighted by Gasteiger charge is 2.31. The topological polar surface area (TPSA) is 63.9 Å². The van der Waals surface area contributed by atoms with Crippen molar-refractivity contribution in [1.82, 2.24) is 10.2 Å². The zero-order chi connectivity index (χ0) is 16.9. The third kappa shape index (κ3) is 3.29. The van der Waals surface area contributed by atoms with Crippen LogP contribution >= 0.6 is 0 Å². The summed E-state index contributed by atoms with van der Waals surface area (Å²) in [6.45, 7) is 2.40. The first-order valence-corrected chi connectivity index (χ1v) is 7.97. The van der Waals surface area contributed by atoms with Crippen LogP contribution in [0, 0.1) is 0 Å². The largest absolute Gasteiger partial charge is 0.496 e. The van der Waals surface area contributed by atoms with Crippen LogP contribution in [0.2, 0.25) is 0 Å². The highest BCUT2D eigenvalue weighted by atomic mass is 16.5. The molecule has 6 heteroatoms. The fourth-order valence-electron chi connectivity index (χ4n) is 3.02. The maximum Gasteiger partial charge on any atom is 0.290 e. The molecule has 0 spiro atoms. The average molecular weight is 330 g/mol. The quantitative estimate of drug-likeness (QED) is 0.911. The summed E-state index contributed by atoms with van der Waals surface area (Å²) in [6.07, 6.45) is 0. The van der Waals surface area contributed by atoms with Crippen molar-refractivity contribution in [3.63, 3.8) is 0 Å². The van der Waals surface area contributed by atoms with Crippen LogP contribution in [0.25, 0.3) is 0 Å². The number of nitrogens with zero attached hydrogens (tertiary/aromatic N) is 1. The van der Waals surface area contributed by atoms with E-state index in [0.29, 0.717) is 31.2 Å². The lowest BCUT2D eigenvalue weighted by molar-refractivity contribution is 0.0592. The minimum absolute atomic E-state index is 0.0987. The van der Waals surface area contributed by atoms with Crippen molar-refractivity contribution in [2.24, 2.45) is 0 Å². The Morgan fingerprint density at radius 1 is 1.29 bits per heavy atom. The SMILES string of the molecule is COCc1ccc(C(=O)N2CCNCC2c2ccccc2OC)o1. The van der Waals surface area contributed by atoms with Crippen molar-refractivity contribution >= 4 is 5.91 Å². The van der Waals surface area contributed by atoms with Gasteiger partial charge in [-0.25, -0.2) is 0 Å².